The van der Waals surface area contributed by atoms with E-state index in [9.17, 15) is 14.7 Å². The summed E-state index contributed by atoms with van der Waals surface area (Å²) in [5, 5.41) is 9.18. The average Bonchev–Trinajstić information content (AvgIpc) is 2.75. The molecule has 174 valence electrons. The topological polar surface area (TPSA) is 57.6 Å². The van der Waals surface area contributed by atoms with Gasteiger partial charge in [0.2, 0.25) is 5.91 Å². The molecule has 1 aliphatic heterocycles. The van der Waals surface area contributed by atoms with Gasteiger partial charge in [0.05, 0.1) is 5.92 Å². The van der Waals surface area contributed by atoms with E-state index in [2.05, 4.69) is 55.5 Å². The highest BCUT2D eigenvalue weighted by atomic mass is 16.4. The molecular formula is C27H43NO3. The summed E-state index contributed by atoms with van der Waals surface area (Å²) in [6.07, 6.45) is 28.6. The van der Waals surface area contributed by atoms with Gasteiger partial charge in [-0.05, 0) is 57.3 Å². The van der Waals surface area contributed by atoms with E-state index in [0.29, 0.717) is 25.9 Å². The molecule has 1 heterocycles. The summed E-state index contributed by atoms with van der Waals surface area (Å²) < 4.78 is 0. The molecule has 0 aromatic rings. The predicted molar refractivity (Wildman–Crippen MR) is 130 cm³/mol. The number of nitrogens with zero attached hydrogens (tertiary/aromatic N) is 1. The van der Waals surface area contributed by atoms with Crippen LogP contribution in [0.1, 0.15) is 84.5 Å². The number of carbonyl (C=O) groups excluding carboxylic acids is 1. The van der Waals surface area contributed by atoms with Crippen LogP contribution in [0.5, 0.6) is 0 Å². The number of likely N-dealkylation sites (tertiary alicyclic amines) is 1. The number of piperidine rings is 1. The van der Waals surface area contributed by atoms with Crippen molar-refractivity contribution in [2.45, 2.75) is 84.5 Å². The van der Waals surface area contributed by atoms with E-state index < -0.39 is 5.97 Å². The molecule has 1 fully saturated rings. The van der Waals surface area contributed by atoms with E-state index >= 15 is 0 Å². The molecule has 1 rings (SSSR count). The van der Waals surface area contributed by atoms with Crippen LogP contribution in [0.3, 0.4) is 0 Å². The molecule has 4 heteroatoms. The first-order valence-electron chi connectivity index (χ1n) is 12.2. The highest BCUT2D eigenvalue weighted by Crippen LogP contribution is 2.24. The maximum atomic E-state index is 12.3. The molecule has 0 bridgehead atoms. The van der Waals surface area contributed by atoms with Crippen LogP contribution in [0.15, 0.2) is 48.6 Å². The Morgan fingerprint density at radius 2 is 1.42 bits per heavy atom. The van der Waals surface area contributed by atoms with E-state index in [1.54, 1.807) is 0 Å². The van der Waals surface area contributed by atoms with Crippen molar-refractivity contribution >= 4 is 11.9 Å². The smallest absolute Gasteiger partial charge is 0.306 e. The molecule has 0 aliphatic carbocycles. The molecule has 0 saturated carbocycles. The average molecular weight is 430 g/mol. The molecule has 0 aromatic heterocycles. The standard InChI is InChI=1S/C27H43NO3/c1-3-4-5-6-7-8-9-10-11-12-13-14-15-16-17-18-19-20-26(29)28-22-21-25(27(30)31)24(2)23-28/h7-8,10-11,13-14,16-17,24-25H,3-6,9,12,15,18-23H2,1-2H3,(H,30,31). The van der Waals surface area contributed by atoms with Crippen molar-refractivity contribution in [1.29, 1.82) is 0 Å². The third kappa shape index (κ3) is 13.0. The van der Waals surface area contributed by atoms with E-state index in [4.69, 9.17) is 0 Å². The summed E-state index contributed by atoms with van der Waals surface area (Å²) in [7, 11) is 0. The minimum absolute atomic E-state index is 0.0312. The van der Waals surface area contributed by atoms with Gasteiger partial charge in [-0.25, -0.2) is 0 Å². The molecular weight excluding hydrogens is 386 g/mol. The number of amides is 1. The Hall–Kier alpha value is -2.10. The van der Waals surface area contributed by atoms with E-state index in [1.807, 2.05) is 11.8 Å². The number of hydrogen-bond donors (Lipinski definition) is 1. The van der Waals surface area contributed by atoms with Gasteiger partial charge in [0, 0.05) is 19.5 Å². The molecule has 2 unspecified atom stereocenters. The van der Waals surface area contributed by atoms with Crippen LogP contribution in [0.2, 0.25) is 0 Å². The van der Waals surface area contributed by atoms with Gasteiger partial charge >= 0.3 is 5.97 Å². The molecule has 1 aliphatic rings. The van der Waals surface area contributed by atoms with Crippen molar-refractivity contribution in [3.05, 3.63) is 48.6 Å². The predicted octanol–water partition coefficient (Wildman–Crippen LogP) is 6.70. The van der Waals surface area contributed by atoms with Crippen molar-refractivity contribution in [2.75, 3.05) is 13.1 Å². The highest BCUT2D eigenvalue weighted by Gasteiger charge is 2.32. The van der Waals surface area contributed by atoms with Crippen LogP contribution in [0, 0.1) is 11.8 Å². The molecule has 1 amide bonds. The molecule has 4 nitrogen and oxygen atoms in total. The van der Waals surface area contributed by atoms with E-state index in [-0.39, 0.29) is 17.7 Å². The summed E-state index contributed by atoms with van der Waals surface area (Å²) >= 11 is 0. The van der Waals surface area contributed by atoms with Gasteiger partial charge in [-0.1, -0.05) is 75.3 Å². The third-order valence-electron chi connectivity index (χ3n) is 5.79. The first-order valence-corrected chi connectivity index (χ1v) is 12.2. The monoisotopic (exact) mass is 429 g/mol. The fourth-order valence-electron chi connectivity index (χ4n) is 3.83. The lowest BCUT2D eigenvalue weighted by atomic mass is 9.87. The van der Waals surface area contributed by atoms with Crippen molar-refractivity contribution in [3.8, 4) is 0 Å². The summed E-state index contributed by atoms with van der Waals surface area (Å²) in [5.41, 5.74) is 0. The molecule has 0 spiro atoms. The van der Waals surface area contributed by atoms with Crippen LogP contribution in [0.4, 0.5) is 0 Å². The lowest BCUT2D eigenvalue weighted by molar-refractivity contribution is -0.148. The van der Waals surface area contributed by atoms with Crippen LogP contribution in [-0.2, 0) is 9.59 Å². The van der Waals surface area contributed by atoms with Crippen molar-refractivity contribution in [2.24, 2.45) is 11.8 Å². The Balaban J connectivity index is 2.03. The van der Waals surface area contributed by atoms with Crippen LogP contribution >= 0.6 is 0 Å². The van der Waals surface area contributed by atoms with Crippen molar-refractivity contribution < 1.29 is 14.7 Å². The van der Waals surface area contributed by atoms with Gasteiger partial charge in [-0.3, -0.25) is 9.59 Å². The minimum Gasteiger partial charge on any atom is -0.481 e. The first-order chi connectivity index (χ1) is 15.1. The van der Waals surface area contributed by atoms with Gasteiger partial charge in [0.25, 0.3) is 0 Å². The van der Waals surface area contributed by atoms with Crippen molar-refractivity contribution in [1.82, 2.24) is 4.90 Å². The largest absolute Gasteiger partial charge is 0.481 e. The SMILES string of the molecule is CCCCCC=CCC=CCC=CCC=CCCCC(=O)N1CCC(C(=O)O)C(C)C1. The zero-order valence-electron chi connectivity index (χ0n) is 19.7. The number of carboxylic acid groups (broad SMARTS) is 1. The van der Waals surface area contributed by atoms with E-state index in [1.165, 1.54) is 25.7 Å². The number of hydrogen-bond acceptors (Lipinski definition) is 2. The summed E-state index contributed by atoms with van der Waals surface area (Å²) in [6, 6.07) is 0. The molecule has 0 aromatic carbocycles. The van der Waals surface area contributed by atoms with Crippen molar-refractivity contribution in [3.63, 3.8) is 0 Å². The Labute approximate surface area is 189 Å². The fraction of sp³-hybridized carbons (Fsp3) is 0.630. The normalized spacial score (nSPS) is 20.0. The Kier molecular flexibility index (Phi) is 15.3. The maximum Gasteiger partial charge on any atom is 0.306 e. The molecule has 2 atom stereocenters. The Morgan fingerprint density at radius 3 is 1.94 bits per heavy atom. The highest BCUT2D eigenvalue weighted by molar-refractivity contribution is 5.77. The van der Waals surface area contributed by atoms with E-state index in [0.717, 1.165) is 32.1 Å². The number of rotatable bonds is 15. The second-order valence-electron chi connectivity index (χ2n) is 8.53. The Bertz CT molecular complexity index is 618. The molecule has 1 N–H and O–H groups in total. The number of carbonyl (C=O) groups is 2. The van der Waals surface area contributed by atoms with Gasteiger partial charge in [-0.2, -0.15) is 0 Å². The number of allylic oxidation sites excluding steroid dienone is 8. The second-order valence-corrected chi connectivity index (χ2v) is 8.53. The zero-order valence-corrected chi connectivity index (χ0v) is 19.7. The second kappa shape index (κ2) is 17.6. The van der Waals surface area contributed by atoms with Crippen LogP contribution in [0.25, 0.3) is 0 Å². The quantitative estimate of drug-likeness (QED) is 0.233. The summed E-state index contributed by atoms with van der Waals surface area (Å²) in [5.74, 6) is -0.858. The molecule has 31 heavy (non-hydrogen) atoms. The fourth-order valence-corrected chi connectivity index (χ4v) is 3.83. The van der Waals surface area contributed by atoms with Gasteiger partial charge in [-0.15, -0.1) is 0 Å². The molecule has 1 saturated heterocycles. The van der Waals surface area contributed by atoms with Gasteiger partial charge in [0.1, 0.15) is 0 Å². The summed E-state index contributed by atoms with van der Waals surface area (Å²) in [6.45, 7) is 5.30. The lowest BCUT2D eigenvalue weighted by Crippen LogP contribution is -2.44. The minimum atomic E-state index is -0.736. The zero-order chi connectivity index (χ0) is 22.7. The lowest BCUT2D eigenvalue weighted by Gasteiger charge is -2.35. The number of unbranched alkanes of at least 4 members (excludes halogenated alkanes) is 4. The molecule has 0 radical (unpaired) electrons. The Morgan fingerprint density at radius 1 is 0.871 bits per heavy atom. The first kappa shape index (κ1) is 26.9. The van der Waals surface area contributed by atoms with Gasteiger partial charge in [0.15, 0.2) is 0 Å². The number of carboxylic acids is 1. The van der Waals surface area contributed by atoms with Crippen LogP contribution < -0.4 is 0 Å². The van der Waals surface area contributed by atoms with Gasteiger partial charge < -0.3 is 10.0 Å². The van der Waals surface area contributed by atoms with Crippen LogP contribution in [-0.4, -0.2) is 35.0 Å². The third-order valence-corrected chi connectivity index (χ3v) is 5.79. The number of aliphatic carboxylic acids is 1. The maximum absolute atomic E-state index is 12.3. The summed E-state index contributed by atoms with van der Waals surface area (Å²) in [4.78, 5) is 25.3.